The van der Waals surface area contributed by atoms with E-state index in [1.54, 1.807) is 12.1 Å². The zero-order chi connectivity index (χ0) is 17.0. The Hall–Kier alpha value is -1.17. The van der Waals surface area contributed by atoms with Crippen LogP contribution < -0.4 is 5.32 Å². The van der Waals surface area contributed by atoms with Gasteiger partial charge >= 0.3 is 0 Å². The molecule has 4 saturated carbocycles. The molecule has 0 saturated heterocycles. The molecule has 0 amide bonds. The van der Waals surface area contributed by atoms with E-state index in [4.69, 9.17) is 16.1 Å². The van der Waals surface area contributed by atoms with Crippen LogP contribution in [0.15, 0.2) is 22.7 Å². The minimum atomic E-state index is -0.475. The summed E-state index contributed by atoms with van der Waals surface area (Å²) in [4.78, 5) is 4.41. The lowest BCUT2D eigenvalue weighted by molar-refractivity contribution is -0.0217. The molecule has 4 bridgehead atoms. The molecule has 4 fully saturated rings. The summed E-state index contributed by atoms with van der Waals surface area (Å²) >= 11 is 6.01. The van der Waals surface area contributed by atoms with Gasteiger partial charge in [-0.2, -0.15) is 4.98 Å². The summed E-state index contributed by atoms with van der Waals surface area (Å²) in [5, 5.41) is 7.74. The molecule has 0 atom stereocenters. The number of hydrogen-bond donors (Lipinski definition) is 1. The largest absolute Gasteiger partial charge is 0.338 e. The van der Waals surface area contributed by atoms with Crippen LogP contribution in [0.2, 0.25) is 5.02 Å². The van der Waals surface area contributed by atoms with Crippen LogP contribution in [0.4, 0.5) is 4.39 Å². The van der Waals surface area contributed by atoms with Crippen molar-refractivity contribution in [2.45, 2.75) is 50.6 Å². The topological polar surface area (TPSA) is 51.0 Å². The lowest BCUT2D eigenvalue weighted by Crippen LogP contribution is -2.58. The maximum Gasteiger partial charge on any atom is 0.240 e. The first kappa shape index (κ1) is 18.2. The molecule has 1 N–H and O–H groups in total. The predicted octanol–water partition coefficient (Wildman–Crippen LogP) is 5.01. The number of nitrogens with zero attached hydrogens (tertiary/aromatic N) is 2. The lowest BCUT2D eigenvalue weighted by atomic mass is 9.53. The van der Waals surface area contributed by atoms with Gasteiger partial charge < -0.3 is 9.84 Å². The third kappa shape index (κ3) is 3.14. The average Bonchev–Trinajstić information content (AvgIpc) is 3.03. The SMILES string of the molecule is Cl.Fc1cccc(-c2noc(CNC34CC5CC(CC(C5)C3)C4)n2)c1Cl. The van der Waals surface area contributed by atoms with E-state index in [1.165, 1.54) is 44.6 Å². The Labute approximate surface area is 163 Å². The van der Waals surface area contributed by atoms with Gasteiger partial charge in [-0.1, -0.05) is 22.8 Å². The molecule has 26 heavy (non-hydrogen) atoms. The van der Waals surface area contributed by atoms with E-state index in [0.29, 0.717) is 23.8 Å². The molecule has 4 nitrogen and oxygen atoms in total. The molecule has 0 unspecified atom stereocenters. The van der Waals surface area contributed by atoms with Crippen molar-refractivity contribution in [2.75, 3.05) is 0 Å². The van der Waals surface area contributed by atoms with Crippen LogP contribution in [-0.4, -0.2) is 15.7 Å². The zero-order valence-electron chi connectivity index (χ0n) is 14.4. The van der Waals surface area contributed by atoms with Gasteiger partial charge in [0.1, 0.15) is 5.82 Å². The summed E-state index contributed by atoms with van der Waals surface area (Å²) in [6.45, 7) is 0.562. The number of halogens is 3. The molecule has 4 aliphatic rings. The Balaban J connectivity index is 0.00000168. The molecule has 140 valence electrons. The van der Waals surface area contributed by atoms with E-state index in [1.807, 2.05) is 0 Å². The Morgan fingerprint density at radius 3 is 2.46 bits per heavy atom. The second-order valence-corrected chi connectivity index (χ2v) is 8.54. The molecular weight excluding hydrogens is 376 g/mol. The Bertz CT molecular complexity index is 775. The van der Waals surface area contributed by atoms with E-state index in [-0.39, 0.29) is 23.0 Å². The second kappa shape index (κ2) is 6.77. The van der Waals surface area contributed by atoms with Crippen LogP contribution in [-0.2, 0) is 6.54 Å². The number of aromatic nitrogens is 2. The van der Waals surface area contributed by atoms with E-state index < -0.39 is 5.82 Å². The van der Waals surface area contributed by atoms with Gasteiger partial charge in [0.15, 0.2) is 0 Å². The van der Waals surface area contributed by atoms with Gasteiger partial charge in [0.2, 0.25) is 11.7 Å². The molecule has 0 aliphatic heterocycles. The summed E-state index contributed by atoms with van der Waals surface area (Å²) in [6, 6.07) is 4.62. The van der Waals surface area contributed by atoms with Crippen LogP contribution in [0.5, 0.6) is 0 Å². The minimum absolute atomic E-state index is 0. The molecular formula is C19H22Cl2FN3O. The number of rotatable bonds is 4. The van der Waals surface area contributed by atoms with E-state index in [0.717, 1.165) is 17.8 Å². The first-order chi connectivity index (χ1) is 12.1. The number of benzene rings is 1. The predicted molar refractivity (Wildman–Crippen MR) is 99.7 cm³/mol. The second-order valence-electron chi connectivity index (χ2n) is 8.16. The third-order valence-electron chi connectivity index (χ3n) is 6.31. The van der Waals surface area contributed by atoms with Gasteiger partial charge in [0.25, 0.3) is 0 Å². The molecule has 2 aromatic rings. The quantitative estimate of drug-likeness (QED) is 0.787. The lowest BCUT2D eigenvalue weighted by Gasteiger charge is -2.57. The van der Waals surface area contributed by atoms with Crippen molar-refractivity contribution in [3.8, 4) is 11.4 Å². The molecule has 1 aromatic heterocycles. The van der Waals surface area contributed by atoms with Gasteiger partial charge in [-0.05, 0) is 68.4 Å². The summed E-state index contributed by atoms with van der Waals surface area (Å²) < 4.78 is 19.0. The molecule has 0 spiro atoms. The highest BCUT2D eigenvalue weighted by Crippen LogP contribution is 2.55. The summed E-state index contributed by atoms with van der Waals surface area (Å²) in [5.41, 5.74) is 0.714. The molecule has 6 rings (SSSR count). The maximum atomic E-state index is 13.6. The Kier molecular flexibility index (Phi) is 4.74. The fourth-order valence-corrected chi connectivity index (χ4v) is 5.91. The fraction of sp³-hybridized carbons (Fsp3) is 0.579. The van der Waals surface area contributed by atoms with Crippen molar-refractivity contribution >= 4 is 24.0 Å². The fourth-order valence-electron chi connectivity index (χ4n) is 5.70. The van der Waals surface area contributed by atoms with Crippen molar-refractivity contribution in [1.29, 1.82) is 0 Å². The van der Waals surface area contributed by atoms with Gasteiger partial charge in [0, 0.05) is 11.1 Å². The first-order valence-corrected chi connectivity index (χ1v) is 9.50. The van der Waals surface area contributed by atoms with Crippen molar-refractivity contribution < 1.29 is 8.91 Å². The maximum absolute atomic E-state index is 13.6. The van der Waals surface area contributed by atoms with Gasteiger partial charge in [-0.15, -0.1) is 12.4 Å². The van der Waals surface area contributed by atoms with Crippen LogP contribution in [0.25, 0.3) is 11.4 Å². The molecule has 4 aliphatic carbocycles. The smallest absolute Gasteiger partial charge is 0.240 e. The molecule has 0 radical (unpaired) electrons. The van der Waals surface area contributed by atoms with E-state index in [2.05, 4.69) is 15.5 Å². The summed E-state index contributed by atoms with van der Waals surface area (Å²) in [5.74, 6) is 3.07. The van der Waals surface area contributed by atoms with Crippen molar-refractivity contribution in [1.82, 2.24) is 15.5 Å². The highest BCUT2D eigenvalue weighted by Gasteiger charge is 2.50. The zero-order valence-corrected chi connectivity index (χ0v) is 16.0. The van der Waals surface area contributed by atoms with Crippen LogP contribution in [0.3, 0.4) is 0 Å². The first-order valence-electron chi connectivity index (χ1n) is 9.12. The standard InChI is InChI=1S/C19H21ClFN3O.ClH/c20-17-14(2-1-3-15(17)21)18-23-16(25-24-18)10-22-19-7-11-4-12(8-19)6-13(5-11)9-19;/h1-3,11-13,22H,4-10H2;1H. The number of hydrogen-bond acceptors (Lipinski definition) is 4. The van der Waals surface area contributed by atoms with Crippen molar-refractivity contribution in [2.24, 2.45) is 17.8 Å². The monoisotopic (exact) mass is 397 g/mol. The number of nitrogens with one attached hydrogen (secondary N) is 1. The summed E-state index contributed by atoms with van der Waals surface area (Å²) in [6.07, 6.45) is 8.08. The minimum Gasteiger partial charge on any atom is -0.338 e. The molecule has 1 heterocycles. The van der Waals surface area contributed by atoms with Gasteiger partial charge in [0.05, 0.1) is 11.6 Å². The van der Waals surface area contributed by atoms with Crippen LogP contribution >= 0.6 is 24.0 Å². The average molecular weight is 398 g/mol. The Morgan fingerprint density at radius 2 is 1.81 bits per heavy atom. The van der Waals surface area contributed by atoms with E-state index >= 15 is 0 Å². The van der Waals surface area contributed by atoms with E-state index in [9.17, 15) is 4.39 Å². The Morgan fingerprint density at radius 1 is 1.15 bits per heavy atom. The van der Waals surface area contributed by atoms with Gasteiger partial charge in [-0.3, -0.25) is 0 Å². The molecule has 7 heteroatoms. The normalized spacial score (nSPS) is 31.8. The van der Waals surface area contributed by atoms with Crippen molar-refractivity contribution in [3.05, 3.63) is 34.9 Å². The molecule has 1 aromatic carbocycles. The van der Waals surface area contributed by atoms with Gasteiger partial charge in [-0.25, -0.2) is 4.39 Å². The van der Waals surface area contributed by atoms with Crippen molar-refractivity contribution in [3.63, 3.8) is 0 Å². The van der Waals surface area contributed by atoms with Crippen LogP contribution in [0.1, 0.15) is 44.4 Å². The highest BCUT2D eigenvalue weighted by atomic mass is 35.5. The summed E-state index contributed by atoms with van der Waals surface area (Å²) in [7, 11) is 0. The third-order valence-corrected chi connectivity index (χ3v) is 6.70. The van der Waals surface area contributed by atoms with Crippen LogP contribution in [0, 0.1) is 23.6 Å². The highest BCUT2D eigenvalue weighted by molar-refractivity contribution is 6.33.